The zero-order valence-corrected chi connectivity index (χ0v) is 22.6. The Labute approximate surface area is 244 Å². The minimum Gasteiger partial charge on any atom is -0.238 e. The second-order valence-electron chi connectivity index (χ2n) is 10.0. The molecule has 196 valence electrons. The molecule has 0 bridgehead atoms. The molecule has 1 heterocycles. The van der Waals surface area contributed by atoms with Gasteiger partial charge in [-0.1, -0.05) is 133 Å². The standard InChI is InChI=1S/C38H24N4/c1-39-33-21-18-26(19-22-33)29-20-23-35-30(24-29)15-9-17-34(35)31-14-8-16-32(25-31)38-41-36(27-10-4-2-5-11-27)40-37(42-38)28-12-6-3-7-13-28/h2-25H. The van der Waals surface area contributed by atoms with Gasteiger partial charge >= 0.3 is 0 Å². The summed E-state index contributed by atoms with van der Waals surface area (Å²) in [4.78, 5) is 18.2. The van der Waals surface area contributed by atoms with Crippen molar-refractivity contribution in [2.45, 2.75) is 0 Å². The van der Waals surface area contributed by atoms with Crippen LogP contribution in [0.2, 0.25) is 0 Å². The van der Waals surface area contributed by atoms with Gasteiger partial charge in [0.2, 0.25) is 0 Å². The Kier molecular flexibility index (Phi) is 6.52. The third-order valence-corrected chi connectivity index (χ3v) is 7.34. The lowest BCUT2D eigenvalue weighted by molar-refractivity contribution is 1.07. The van der Waals surface area contributed by atoms with Gasteiger partial charge in [-0.2, -0.15) is 0 Å². The molecule has 0 radical (unpaired) electrons. The minimum atomic E-state index is 0.634. The molecule has 4 nitrogen and oxygen atoms in total. The quantitative estimate of drug-likeness (QED) is 0.206. The maximum Gasteiger partial charge on any atom is 0.187 e. The highest BCUT2D eigenvalue weighted by Gasteiger charge is 2.13. The van der Waals surface area contributed by atoms with Gasteiger partial charge in [-0.15, -0.1) is 0 Å². The van der Waals surface area contributed by atoms with E-state index >= 15 is 0 Å². The number of hydrogen-bond donors (Lipinski definition) is 0. The van der Waals surface area contributed by atoms with E-state index in [4.69, 9.17) is 21.5 Å². The van der Waals surface area contributed by atoms with Crippen molar-refractivity contribution in [1.82, 2.24) is 15.0 Å². The van der Waals surface area contributed by atoms with E-state index in [9.17, 15) is 0 Å². The molecule has 0 atom stereocenters. The van der Waals surface area contributed by atoms with Gasteiger partial charge in [-0.25, -0.2) is 19.8 Å². The number of nitrogens with zero attached hydrogens (tertiary/aromatic N) is 4. The highest BCUT2D eigenvalue weighted by molar-refractivity contribution is 5.99. The zero-order chi connectivity index (χ0) is 28.3. The topological polar surface area (TPSA) is 43.0 Å². The molecule has 7 rings (SSSR count). The molecule has 0 saturated carbocycles. The predicted molar refractivity (Wildman–Crippen MR) is 171 cm³/mol. The Balaban J connectivity index is 1.31. The summed E-state index contributed by atoms with van der Waals surface area (Å²) in [5.74, 6) is 1.92. The van der Waals surface area contributed by atoms with E-state index in [1.165, 1.54) is 5.39 Å². The molecule has 1 aromatic heterocycles. The van der Waals surface area contributed by atoms with Crippen LogP contribution in [0.25, 0.3) is 72.0 Å². The van der Waals surface area contributed by atoms with Crippen molar-refractivity contribution in [3.63, 3.8) is 0 Å². The maximum absolute atomic E-state index is 7.22. The number of hydrogen-bond acceptors (Lipinski definition) is 3. The fraction of sp³-hybridized carbons (Fsp3) is 0. The summed E-state index contributed by atoms with van der Waals surface area (Å²) in [6.07, 6.45) is 0. The Bertz CT molecular complexity index is 2020. The van der Waals surface area contributed by atoms with Gasteiger partial charge < -0.3 is 0 Å². The zero-order valence-electron chi connectivity index (χ0n) is 22.6. The van der Waals surface area contributed by atoms with Gasteiger partial charge in [-0.3, -0.25) is 0 Å². The van der Waals surface area contributed by atoms with Gasteiger partial charge in [0.1, 0.15) is 0 Å². The van der Waals surface area contributed by atoms with Crippen molar-refractivity contribution in [2.24, 2.45) is 0 Å². The Hall–Kier alpha value is -5.92. The molecule has 0 saturated heterocycles. The van der Waals surface area contributed by atoms with E-state index in [1.54, 1.807) is 0 Å². The first-order chi connectivity index (χ1) is 20.7. The normalized spacial score (nSPS) is 10.8. The van der Waals surface area contributed by atoms with Crippen molar-refractivity contribution in [1.29, 1.82) is 0 Å². The highest BCUT2D eigenvalue weighted by atomic mass is 15.0. The van der Waals surface area contributed by atoms with Gasteiger partial charge in [0, 0.05) is 16.7 Å². The van der Waals surface area contributed by atoms with Crippen LogP contribution in [-0.4, -0.2) is 15.0 Å². The molecular formula is C38H24N4. The number of rotatable bonds is 5. The summed E-state index contributed by atoms with van der Waals surface area (Å²) in [6, 6.07) is 49.1. The first-order valence-corrected chi connectivity index (χ1v) is 13.7. The monoisotopic (exact) mass is 536 g/mol. The fourth-order valence-corrected chi connectivity index (χ4v) is 5.21. The molecule has 42 heavy (non-hydrogen) atoms. The Morgan fingerprint density at radius 3 is 1.60 bits per heavy atom. The Morgan fingerprint density at radius 2 is 0.952 bits per heavy atom. The lowest BCUT2D eigenvalue weighted by atomic mass is 9.94. The van der Waals surface area contributed by atoms with Gasteiger partial charge in [0.25, 0.3) is 0 Å². The summed E-state index contributed by atoms with van der Waals surface area (Å²) >= 11 is 0. The predicted octanol–water partition coefficient (Wildman–Crippen LogP) is 9.91. The molecule has 7 aromatic rings. The van der Waals surface area contributed by atoms with Crippen molar-refractivity contribution < 1.29 is 0 Å². The smallest absolute Gasteiger partial charge is 0.187 e. The second kappa shape index (κ2) is 10.9. The van der Waals surface area contributed by atoms with Crippen LogP contribution < -0.4 is 0 Å². The number of aromatic nitrogens is 3. The SMILES string of the molecule is [C-]#[N+]c1ccc(-c2ccc3c(-c4cccc(-c5nc(-c6ccccc6)nc(-c6ccccc6)n5)c4)cccc3c2)cc1. The summed E-state index contributed by atoms with van der Waals surface area (Å²) in [6.45, 7) is 7.22. The minimum absolute atomic E-state index is 0.634. The van der Waals surface area contributed by atoms with Gasteiger partial charge in [0.15, 0.2) is 23.2 Å². The van der Waals surface area contributed by atoms with Crippen molar-refractivity contribution >= 4 is 16.5 Å². The average molecular weight is 537 g/mol. The van der Waals surface area contributed by atoms with E-state index in [0.717, 1.165) is 44.3 Å². The van der Waals surface area contributed by atoms with E-state index in [-0.39, 0.29) is 0 Å². The lowest BCUT2D eigenvalue weighted by Gasteiger charge is -2.12. The summed E-state index contributed by atoms with van der Waals surface area (Å²) in [5.41, 5.74) is 7.92. The molecule has 0 fully saturated rings. The molecule has 0 amide bonds. The average Bonchev–Trinajstić information content (AvgIpc) is 3.08. The first kappa shape index (κ1) is 25.1. The number of benzene rings is 6. The molecule has 0 unspecified atom stereocenters. The van der Waals surface area contributed by atoms with E-state index in [2.05, 4.69) is 65.5 Å². The molecule has 0 spiro atoms. The van der Waals surface area contributed by atoms with Crippen molar-refractivity contribution in [3.05, 3.63) is 157 Å². The first-order valence-electron chi connectivity index (χ1n) is 13.7. The van der Waals surface area contributed by atoms with Crippen LogP contribution in [-0.2, 0) is 0 Å². The number of fused-ring (bicyclic) bond motifs is 1. The second-order valence-corrected chi connectivity index (χ2v) is 10.0. The molecular weight excluding hydrogens is 512 g/mol. The van der Waals surface area contributed by atoms with E-state index in [1.807, 2.05) is 84.9 Å². The van der Waals surface area contributed by atoms with Crippen LogP contribution in [0.15, 0.2) is 146 Å². The largest absolute Gasteiger partial charge is 0.238 e. The molecule has 0 aliphatic heterocycles. The third-order valence-electron chi connectivity index (χ3n) is 7.34. The molecule has 0 aliphatic carbocycles. The third kappa shape index (κ3) is 4.92. The van der Waals surface area contributed by atoms with Crippen LogP contribution in [0, 0.1) is 6.57 Å². The molecule has 0 N–H and O–H groups in total. The summed E-state index contributed by atoms with van der Waals surface area (Å²) in [5, 5.41) is 2.32. The Morgan fingerprint density at radius 1 is 0.405 bits per heavy atom. The van der Waals surface area contributed by atoms with Crippen molar-refractivity contribution in [3.8, 4) is 56.4 Å². The highest BCUT2D eigenvalue weighted by Crippen LogP contribution is 2.34. The maximum atomic E-state index is 7.22. The van der Waals surface area contributed by atoms with Gasteiger partial charge in [-0.05, 0) is 45.2 Å². The van der Waals surface area contributed by atoms with Crippen LogP contribution in [0.4, 0.5) is 5.69 Å². The molecule has 4 heteroatoms. The van der Waals surface area contributed by atoms with E-state index in [0.29, 0.717) is 23.2 Å². The summed E-state index contributed by atoms with van der Waals surface area (Å²) in [7, 11) is 0. The van der Waals surface area contributed by atoms with Gasteiger partial charge in [0.05, 0.1) is 6.57 Å². The molecule has 0 aliphatic rings. The van der Waals surface area contributed by atoms with Crippen molar-refractivity contribution in [2.75, 3.05) is 0 Å². The summed E-state index contributed by atoms with van der Waals surface area (Å²) < 4.78 is 0. The fourth-order valence-electron chi connectivity index (χ4n) is 5.21. The van der Waals surface area contributed by atoms with Crippen LogP contribution in [0.1, 0.15) is 0 Å². The van der Waals surface area contributed by atoms with Crippen LogP contribution in [0.3, 0.4) is 0 Å². The van der Waals surface area contributed by atoms with E-state index < -0.39 is 0 Å². The molecule has 6 aromatic carbocycles. The van der Waals surface area contributed by atoms with Crippen LogP contribution >= 0.6 is 0 Å². The lowest BCUT2D eigenvalue weighted by Crippen LogP contribution is -2.00. The van der Waals surface area contributed by atoms with Crippen LogP contribution in [0.5, 0.6) is 0 Å².